The predicted molar refractivity (Wildman–Crippen MR) is 69.1 cm³/mol. The summed E-state index contributed by atoms with van der Waals surface area (Å²) < 4.78 is 15.6. The first kappa shape index (κ1) is 13.1. The van der Waals surface area contributed by atoms with Crippen molar-refractivity contribution >= 4 is 11.8 Å². The monoisotopic (exact) mass is 266 g/mol. The van der Waals surface area contributed by atoms with Crippen LogP contribution in [0.1, 0.15) is 24.3 Å². The quantitative estimate of drug-likeness (QED) is 0.927. The van der Waals surface area contributed by atoms with Gasteiger partial charge in [-0.15, -0.1) is 0 Å². The van der Waals surface area contributed by atoms with Gasteiger partial charge in [0.2, 0.25) is 0 Å². The highest BCUT2D eigenvalue weighted by molar-refractivity contribution is 7.99. The van der Waals surface area contributed by atoms with Gasteiger partial charge in [0.15, 0.2) is 0 Å². The standard InChI is InChI=1S/C13H15FN2OS/c1-8-7-12(16(3)15-8)18-13-10(9(2)17)5-4-6-11(13)14/h4-7,9,17H,1-3H3. The number of halogens is 1. The highest BCUT2D eigenvalue weighted by Gasteiger charge is 2.15. The van der Waals surface area contributed by atoms with Gasteiger partial charge in [0.1, 0.15) is 5.82 Å². The first-order valence-corrected chi connectivity index (χ1v) is 6.45. The number of hydrogen-bond acceptors (Lipinski definition) is 3. The highest BCUT2D eigenvalue weighted by Crippen LogP contribution is 2.35. The summed E-state index contributed by atoms with van der Waals surface area (Å²) in [5.74, 6) is -0.322. The Balaban J connectivity index is 2.42. The zero-order chi connectivity index (χ0) is 13.3. The van der Waals surface area contributed by atoms with Crippen molar-refractivity contribution in [3.63, 3.8) is 0 Å². The molecule has 0 bridgehead atoms. The summed E-state index contributed by atoms with van der Waals surface area (Å²) in [6.45, 7) is 3.52. The summed E-state index contributed by atoms with van der Waals surface area (Å²) in [6.07, 6.45) is -0.697. The van der Waals surface area contributed by atoms with Gasteiger partial charge in [-0.2, -0.15) is 5.10 Å². The molecule has 1 unspecified atom stereocenters. The van der Waals surface area contributed by atoms with Crippen LogP contribution in [-0.2, 0) is 7.05 Å². The lowest BCUT2D eigenvalue weighted by atomic mass is 10.1. The third-order valence-corrected chi connectivity index (χ3v) is 3.84. The molecule has 0 fully saturated rings. The Hall–Kier alpha value is -1.33. The molecule has 0 aliphatic carbocycles. The van der Waals surface area contributed by atoms with Crippen LogP contribution in [0.2, 0.25) is 0 Å². The number of aliphatic hydroxyl groups is 1. The Bertz CT molecular complexity index is 566. The predicted octanol–water partition coefficient (Wildman–Crippen LogP) is 3.07. The van der Waals surface area contributed by atoms with Gasteiger partial charge >= 0.3 is 0 Å². The summed E-state index contributed by atoms with van der Waals surface area (Å²) in [6, 6.07) is 6.63. The molecule has 1 aromatic heterocycles. The minimum atomic E-state index is -0.697. The number of aliphatic hydroxyl groups excluding tert-OH is 1. The molecular formula is C13H15FN2OS. The maximum Gasteiger partial charge on any atom is 0.137 e. The molecule has 1 N–H and O–H groups in total. The van der Waals surface area contributed by atoms with Crippen LogP contribution in [0.4, 0.5) is 4.39 Å². The molecule has 1 atom stereocenters. The SMILES string of the molecule is Cc1cc(Sc2c(F)cccc2C(C)O)n(C)n1. The van der Waals surface area contributed by atoms with Crippen molar-refractivity contribution < 1.29 is 9.50 Å². The van der Waals surface area contributed by atoms with E-state index in [4.69, 9.17) is 0 Å². The maximum absolute atomic E-state index is 13.9. The van der Waals surface area contributed by atoms with E-state index < -0.39 is 6.10 Å². The third-order valence-electron chi connectivity index (χ3n) is 2.61. The molecule has 0 spiro atoms. The molecule has 0 saturated heterocycles. The van der Waals surface area contributed by atoms with E-state index in [-0.39, 0.29) is 5.82 Å². The number of nitrogens with zero attached hydrogens (tertiary/aromatic N) is 2. The lowest BCUT2D eigenvalue weighted by Crippen LogP contribution is -1.98. The van der Waals surface area contributed by atoms with Crippen LogP contribution in [0, 0.1) is 12.7 Å². The topological polar surface area (TPSA) is 38.0 Å². The number of aromatic nitrogens is 2. The van der Waals surface area contributed by atoms with Gasteiger partial charge in [-0.1, -0.05) is 23.9 Å². The van der Waals surface area contributed by atoms with Gasteiger partial charge in [0, 0.05) is 7.05 Å². The zero-order valence-corrected chi connectivity index (χ0v) is 11.3. The molecular weight excluding hydrogens is 251 g/mol. The van der Waals surface area contributed by atoms with Gasteiger partial charge in [0.05, 0.1) is 21.7 Å². The summed E-state index contributed by atoms with van der Waals surface area (Å²) in [5.41, 5.74) is 1.48. The molecule has 3 nitrogen and oxygen atoms in total. The van der Waals surface area contributed by atoms with Crippen LogP contribution >= 0.6 is 11.8 Å². The Morgan fingerprint density at radius 2 is 2.17 bits per heavy atom. The van der Waals surface area contributed by atoms with E-state index in [9.17, 15) is 9.50 Å². The number of hydrogen-bond donors (Lipinski definition) is 1. The van der Waals surface area contributed by atoms with E-state index in [1.165, 1.54) is 17.8 Å². The molecule has 5 heteroatoms. The number of aryl methyl sites for hydroxylation is 2. The van der Waals surface area contributed by atoms with E-state index in [0.717, 1.165) is 10.7 Å². The normalized spacial score (nSPS) is 12.7. The van der Waals surface area contributed by atoms with Crippen molar-refractivity contribution in [2.45, 2.75) is 29.9 Å². The van der Waals surface area contributed by atoms with Gasteiger partial charge in [-0.3, -0.25) is 4.68 Å². The number of benzene rings is 1. The minimum Gasteiger partial charge on any atom is -0.389 e. The Labute approximate surface area is 110 Å². The second-order valence-electron chi connectivity index (χ2n) is 4.18. The van der Waals surface area contributed by atoms with Crippen LogP contribution in [0.25, 0.3) is 0 Å². The first-order chi connectivity index (χ1) is 8.49. The van der Waals surface area contributed by atoms with E-state index >= 15 is 0 Å². The smallest absolute Gasteiger partial charge is 0.137 e. The molecule has 0 amide bonds. The van der Waals surface area contributed by atoms with Crippen LogP contribution in [0.3, 0.4) is 0 Å². The van der Waals surface area contributed by atoms with Gasteiger partial charge in [0.25, 0.3) is 0 Å². The van der Waals surface area contributed by atoms with Crippen molar-refractivity contribution in [3.8, 4) is 0 Å². The van der Waals surface area contributed by atoms with E-state index in [1.807, 2.05) is 20.0 Å². The average Bonchev–Trinajstić information content (AvgIpc) is 2.60. The lowest BCUT2D eigenvalue weighted by molar-refractivity contribution is 0.195. The van der Waals surface area contributed by atoms with E-state index in [1.54, 1.807) is 23.7 Å². The molecule has 1 heterocycles. The molecule has 96 valence electrons. The fourth-order valence-electron chi connectivity index (χ4n) is 1.75. The third kappa shape index (κ3) is 2.57. The van der Waals surface area contributed by atoms with E-state index in [0.29, 0.717) is 10.5 Å². The van der Waals surface area contributed by atoms with Crippen molar-refractivity contribution in [1.82, 2.24) is 9.78 Å². The van der Waals surface area contributed by atoms with Crippen LogP contribution in [0.15, 0.2) is 34.2 Å². The molecule has 0 radical (unpaired) electrons. The Morgan fingerprint density at radius 3 is 2.72 bits per heavy atom. The molecule has 1 aromatic carbocycles. The molecule has 2 rings (SSSR count). The molecule has 0 aliphatic rings. The summed E-state index contributed by atoms with van der Waals surface area (Å²) in [5, 5.41) is 14.7. The van der Waals surface area contributed by atoms with Gasteiger partial charge in [-0.05, 0) is 31.5 Å². The van der Waals surface area contributed by atoms with Crippen LogP contribution < -0.4 is 0 Å². The molecule has 2 aromatic rings. The Morgan fingerprint density at radius 1 is 1.44 bits per heavy atom. The molecule has 18 heavy (non-hydrogen) atoms. The van der Waals surface area contributed by atoms with Gasteiger partial charge < -0.3 is 5.11 Å². The second kappa shape index (κ2) is 5.12. The number of rotatable bonds is 3. The highest BCUT2D eigenvalue weighted by atomic mass is 32.2. The summed E-state index contributed by atoms with van der Waals surface area (Å²) in [4.78, 5) is 0.454. The van der Waals surface area contributed by atoms with Crippen LogP contribution in [-0.4, -0.2) is 14.9 Å². The van der Waals surface area contributed by atoms with Gasteiger partial charge in [-0.25, -0.2) is 4.39 Å². The zero-order valence-electron chi connectivity index (χ0n) is 10.5. The van der Waals surface area contributed by atoms with E-state index in [2.05, 4.69) is 5.10 Å². The minimum absolute atomic E-state index is 0.322. The summed E-state index contributed by atoms with van der Waals surface area (Å²) >= 11 is 1.28. The fourth-order valence-corrected chi connectivity index (χ4v) is 2.88. The average molecular weight is 266 g/mol. The van der Waals surface area contributed by atoms with Crippen LogP contribution in [0.5, 0.6) is 0 Å². The molecule has 0 saturated carbocycles. The van der Waals surface area contributed by atoms with Crippen molar-refractivity contribution in [2.75, 3.05) is 0 Å². The van der Waals surface area contributed by atoms with Crippen molar-refractivity contribution in [3.05, 3.63) is 41.3 Å². The largest absolute Gasteiger partial charge is 0.389 e. The lowest BCUT2D eigenvalue weighted by Gasteiger charge is -2.12. The van der Waals surface area contributed by atoms with Crippen molar-refractivity contribution in [1.29, 1.82) is 0 Å². The first-order valence-electron chi connectivity index (χ1n) is 5.64. The Kier molecular flexibility index (Phi) is 3.73. The van der Waals surface area contributed by atoms with Crippen molar-refractivity contribution in [2.24, 2.45) is 7.05 Å². The fraction of sp³-hybridized carbons (Fsp3) is 0.308. The molecule has 0 aliphatic heterocycles. The maximum atomic E-state index is 13.9. The summed E-state index contributed by atoms with van der Waals surface area (Å²) in [7, 11) is 1.82. The second-order valence-corrected chi connectivity index (χ2v) is 5.21.